The van der Waals surface area contributed by atoms with Crippen molar-refractivity contribution in [1.82, 2.24) is 20.2 Å². The van der Waals surface area contributed by atoms with Gasteiger partial charge in [-0.2, -0.15) is 0 Å². The Morgan fingerprint density at radius 1 is 1.28 bits per heavy atom. The van der Waals surface area contributed by atoms with E-state index in [9.17, 15) is 0 Å². The molecule has 2 heterocycles. The summed E-state index contributed by atoms with van der Waals surface area (Å²) in [6, 6.07) is 1.84. The summed E-state index contributed by atoms with van der Waals surface area (Å²) in [6.45, 7) is 9.86. The number of anilines is 1. The van der Waals surface area contributed by atoms with Gasteiger partial charge in [0.1, 0.15) is 0 Å². The molecule has 9 heteroatoms. The molecule has 1 aliphatic rings. The van der Waals surface area contributed by atoms with Crippen LogP contribution in [0.2, 0.25) is 0 Å². The molecule has 142 valence electrons. The van der Waals surface area contributed by atoms with E-state index in [1.807, 2.05) is 13.0 Å². The number of guanidine groups is 1. The maximum atomic E-state index is 5.86. The number of nitrogens with zero attached hydrogens (tertiary/aromatic N) is 5. The number of rotatable bonds is 9. The zero-order chi connectivity index (χ0) is 17.0. The van der Waals surface area contributed by atoms with Crippen LogP contribution in [0.5, 0.6) is 0 Å². The van der Waals surface area contributed by atoms with Crippen LogP contribution in [0.1, 0.15) is 13.3 Å². The van der Waals surface area contributed by atoms with Crippen molar-refractivity contribution < 1.29 is 4.74 Å². The number of ether oxygens (including phenoxy) is 1. The Balaban J connectivity index is 0.00000312. The molecule has 0 aliphatic carbocycles. The fraction of sp³-hybridized carbons (Fsp3) is 0.688. The van der Waals surface area contributed by atoms with Gasteiger partial charge in [-0.05, 0) is 19.4 Å². The van der Waals surface area contributed by atoms with Crippen molar-refractivity contribution in [2.24, 2.45) is 10.7 Å². The molecule has 0 saturated carbocycles. The van der Waals surface area contributed by atoms with Crippen molar-refractivity contribution in [3.8, 4) is 0 Å². The van der Waals surface area contributed by atoms with Crippen LogP contribution in [0.15, 0.2) is 23.5 Å². The lowest BCUT2D eigenvalue weighted by Gasteiger charge is -2.34. The quantitative estimate of drug-likeness (QED) is 0.239. The molecule has 8 nitrogen and oxygen atoms in total. The fourth-order valence-electron chi connectivity index (χ4n) is 2.53. The minimum absolute atomic E-state index is 0. The van der Waals surface area contributed by atoms with Crippen molar-refractivity contribution in [2.75, 3.05) is 63.9 Å². The summed E-state index contributed by atoms with van der Waals surface area (Å²) in [4.78, 5) is 17.5. The van der Waals surface area contributed by atoms with Crippen LogP contribution >= 0.6 is 24.0 Å². The summed E-state index contributed by atoms with van der Waals surface area (Å²) in [5, 5.41) is 3.17. The van der Waals surface area contributed by atoms with Crippen LogP contribution in [0.3, 0.4) is 0 Å². The second kappa shape index (κ2) is 13.1. The number of aliphatic imine (C=N–C) groups is 1. The molecule has 3 N–H and O–H groups in total. The predicted octanol–water partition coefficient (Wildman–Crippen LogP) is 0.548. The molecular weight excluding hydrogens is 433 g/mol. The van der Waals surface area contributed by atoms with Gasteiger partial charge < -0.3 is 20.7 Å². The van der Waals surface area contributed by atoms with E-state index in [1.54, 1.807) is 12.4 Å². The van der Waals surface area contributed by atoms with E-state index in [4.69, 9.17) is 10.5 Å². The van der Waals surface area contributed by atoms with Crippen LogP contribution in [0, 0.1) is 0 Å². The van der Waals surface area contributed by atoms with Crippen molar-refractivity contribution in [3.63, 3.8) is 0 Å². The topological polar surface area (TPSA) is 91.9 Å². The lowest BCUT2D eigenvalue weighted by Crippen LogP contribution is -2.49. The molecule has 1 aromatic heterocycles. The average molecular weight is 463 g/mol. The Labute approximate surface area is 167 Å². The Bertz CT molecular complexity index is 481. The van der Waals surface area contributed by atoms with E-state index < -0.39 is 0 Å². The monoisotopic (exact) mass is 463 g/mol. The van der Waals surface area contributed by atoms with Crippen LogP contribution in [0.4, 0.5) is 5.95 Å². The summed E-state index contributed by atoms with van der Waals surface area (Å²) < 4.78 is 5.27. The van der Waals surface area contributed by atoms with Crippen molar-refractivity contribution in [1.29, 1.82) is 0 Å². The molecule has 1 aromatic rings. The molecule has 0 spiro atoms. The molecule has 1 saturated heterocycles. The lowest BCUT2D eigenvalue weighted by atomic mass is 10.3. The van der Waals surface area contributed by atoms with Gasteiger partial charge in [0.15, 0.2) is 5.96 Å². The summed E-state index contributed by atoms with van der Waals surface area (Å²) >= 11 is 0. The SMILES string of the molecule is CCOCCCN=C(N)NCCN1CCN(c2ncccn2)CC1.I. The molecule has 0 radical (unpaired) electrons. The minimum Gasteiger partial charge on any atom is -0.382 e. The largest absolute Gasteiger partial charge is 0.382 e. The highest BCUT2D eigenvalue weighted by atomic mass is 127. The number of nitrogens with two attached hydrogens (primary N) is 1. The maximum absolute atomic E-state index is 5.86. The second-order valence-corrected chi connectivity index (χ2v) is 5.62. The number of piperazine rings is 1. The van der Waals surface area contributed by atoms with Gasteiger partial charge in [-0.25, -0.2) is 9.97 Å². The second-order valence-electron chi connectivity index (χ2n) is 5.62. The Kier molecular flexibility index (Phi) is 11.4. The highest BCUT2D eigenvalue weighted by molar-refractivity contribution is 14.0. The summed E-state index contributed by atoms with van der Waals surface area (Å²) in [5.74, 6) is 1.33. The van der Waals surface area contributed by atoms with Crippen molar-refractivity contribution >= 4 is 35.9 Å². The smallest absolute Gasteiger partial charge is 0.225 e. The van der Waals surface area contributed by atoms with Gasteiger partial charge in [0.25, 0.3) is 0 Å². The normalized spacial score (nSPS) is 15.7. The van der Waals surface area contributed by atoms with Gasteiger partial charge in [-0.15, -0.1) is 24.0 Å². The van der Waals surface area contributed by atoms with Gasteiger partial charge in [0.05, 0.1) is 0 Å². The standard InChI is InChI=1S/C16H29N7O.HI/c1-2-24-14-4-7-18-15(17)19-8-9-22-10-12-23(13-11-22)16-20-5-3-6-21-16;/h3,5-6H,2,4,7-14H2,1H3,(H3,17,18,19);1H. The molecule has 0 bridgehead atoms. The number of hydrogen-bond donors (Lipinski definition) is 2. The molecule has 1 aliphatic heterocycles. The first-order valence-corrected chi connectivity index (χ1v) is 8.65. The molecule has 0 unspecified atom stereocenters. The van der Waals surface area contributed by atoms with E-state index in [2.05, 4.69) is 30.1 Å². The zero-order valence-electron chi connectivity index (χ0n) is 14.9. The first-order chi connectivity index (χ1) is 11.8. The van der Waals surface area contributed by atoms with Crippen LogP contribution in [-0.2, 0) is 4.74 Å². The van der Waals surface area contributed by atoms with Crippen LogP contribution in [0.25, 0.3) is 0 Å². The predicted molar refractivity (Wildman–Crippen MR) is 112 cm³/mol. The molecule has 0 aromatic carbocycles. The number of halogens is 1. The van der Waals surface area contributed by atoms with Gasteiger partial charge in [-0.1, -0.05) is 0 Å². The average Bonchev–Trinajstić information content (AvgIpc) is 2.63. The van der Waals surface area contributed by atoms with Crippen molar-refractivity contribution in [2.45, 2.75) is 13.3 Å². The van der Waals surface area contributed by atoms with Gasteiger partial charge in [-0.3, -0.25) is 9.89 Å². The van der Waals surface area contributed by atoms with Crippen LogP contribution in [-0.4, -0.2) is 79.9 Å². The van der Waals surface area contributed by atoms with E-state index in [0.717, 1.165) is 64.9 Å². The maximum Gasteiger partial charge on any atom is 0.225 e. The van der Waals surface area contributed by atoms with E-state index in [-0.39, 0.29) is 24.0 Å². The first-order valence-electron chi connectivity index (χ1n) is 8.65. The van der Waals surface area contributed by atoms with Gasteiger partial charge in [0, 0.05) is 71.4 Å². The Morgan fingerprint density at radius 2 is 2.00 bits per heavy atom. The van der Waals surface area contributed by atoms with Gasteiger partial charge >= 0.3 is 0 Å². The summed E-state index contributed by atoms with van der Waals surface area (Å²) in [7, 11) is 0. The number of hydrogen-bond acceptors (Lipinski definition) is 6. The third kappa shape index (κ3) is 8.63. The van der Waals surface area contributed by atoms with E-state index >= 15 is 0 Å². The summed E-state index contributed by atoms with van der Waals surface area (Å²) in [5.41, 5.74) is 5.86. The molecule has 0 atom stereocenters. The highest BCUT2D eigenvalue weighted by Crippen LogP contribution is 2.08. The van der Waals surface area contributed by atoms with Crippen LogP contribution < -0.4 is 16.0 Å². The van der Waals surface area contributed by atoms with Crippen molar-refractivity contribution in [3.05, 3.63) is 18.5 Å². The Morgan fingerprint density at radius 3 is 2.68 bits per heavy atom. The molecule has 2 rings (SSSR count). The third-order valence-electron chi connectivity index (χ3n) is 3.87. The molecular formula is C16H30IN7O. The zero-order valence-corrected chi connectivity index (χ0v) is 17.3. The highest BCUT2D eigenvalue weighted by Gasteiger charge is 2.18. The molecule has 25 heavy (non-hydrogen) atoms. The number of aromatic nitrogens is 2. The van der Waals surface area contributed by atoms with E-state index in [1.165, 1.54) is 0 Å². The van der Waals surface area contributed by atoms with E-state index in [0.29, 0.717) is 12.5 Å². The Hall–Kier alpha value is -1.20. The third-order valence-corrected chi connectivity index (χ3v) is 3.87. The minimum atomic E-state index is 0. The first kappa shape index (κ1) is 21.8. The molecule has 0 amide bonds. The summed E-state index contributed by atoms with van der Waals surface area (Å²) in [6.07, 6.45) is 4.48. The van der Waals surface area contributed by atoms with Gasteiger partial charge in [0.2, 0.25) is 5.95 Å². The molecule has 1 fully saturated rings. The fourth-order valence-corrected chi connectivity index (χ4v) is 2.53. The lowest BCUT2D eigenvalue weighted by molar-refractivity contribution is 0.146. The number of nitrogens with one attached hydrogen (secondary N) is 1.